The summed E-state index contributed by atoms with van der Waals surface area (Å²) in [5.41, 5.74) is 1.80. The molecule has 6 nitrogen and oxygen atoms in total. The van der Waals surface area contributed by atoms with Gasteiger partial charge < -0.3 is 10.1 Å². The molecule has 106 valence electrons. The predicted molar refractivity (Wildman–Crippen MR) is 74.3 cm³/mol. The first kappa shape index (κ1) is 14.2. The SMILES string of the molecule is COC(=O)CCCNCc1cnn(-c2ccccc2)n1. The minimum absolute atomic E-state index is 0.179. The quantitative estimate of drug-likeness (QED) is 0.609. The van der Waals surface area contributed by atoms with Crippen LogP contribution in [0.1, 0.15) is 18.5 Å². The van der Waals surface area contributed by atoms with Gasteiger partial charge in [0, 0.05) is 13.0 Å². The van der Waals surface area contributed by atoms with E-state index >= 15 is 0 Å². The summed E-state index contributed by atoms with van der Waals surface area (Å²) in [5, 5.41) is 11.8. The summed E-state index contributed by atoms with van der Waals surface area (Å²) in [7, 11) is 1.40. The fourth-order valence-corrected chi connectivity index (χ4v) is 1.74. The number of carbonyl (C=O) groups is 1. The van der Waals surface area contributed by atoms with Gasteiger partial charge in [-0.15, -0.1) is 0 Å². The van der Waals surface area contributed by atoms with E-state index in [1.807, 2.05) is 30.3 Å². The van der Waals surface area contributed by atoms with Crippen molar-refractivity contribution in [1.82, 2.24) is 20.3 Å². The van der Waals surface area contributed by atoms with Gasteiger partial charge in [0.25, 0.3) is 0 Å². The third kappa shape index (κ3) is 4.17. The van der Waals surface area contributed by atoms with Crippen molar-refractivity contribution in [2.24, 2.45) is 0 Å². The average molecular weight is 274 g/mol. The molecule has 1 heterocycles. The van der Waals surface area contributed by atoms with Gasteiger partial charge in [0.1, 0.15) is 0 Å². The van der Waals surface area contributed by atoms with Gasteiger partial charge in [-0.1, -0.05) is 18.2 Å². The lowest BCUT2D eigenvalue weighted by Crippen LogP contribution is -2.16. The Hall–Kier alpha value is -2.21. The molecule has 0 atom stereocenters. The van der Waals surface area contributed by atoms with Crippen LogP contribution < -0.4 is 5.32 Å². The number of carbonyl (C=O) groups excluding carboxylic acids is 1. The van der Waals surface area contributed by atoms with E-state index in [2.05, 4.69) is 20.3 Å². The minimum atomic E-state index is -0.179. The molecule has 0 spiro atoms. The zero-order valence-electron chi connectivity index (χ0n) is 11.5. The van der Waals surface area contributed by atoms with Crippen LogP contribution in [0.4, 0.5) is 0 Å². The first-order chi connectivity index (χ1) is 9.79. The lowest BCUT2D eigenvalue weighted by Gasteiger charge is -2.01. The molecular formula is C14H18N4O2. The highest BCUT2D eigenvalue weighted by molar-refractivity contribution is 5.69. The molecule has 1 aromatic heterocycles. The maximum absolute atomic E-state index is 10.9. The standard InChI is InChI=1S/C14H18N4O2/c1-20-14(19)8-5-9-15-10-12-11-16-18(17-12)13-6-3-2-4-7-13/h2-4,6-7,11,15H,5,8-10H2,1H3. The molecule has 0 aliphatic rings. The van der Waals surface area contributed by atoms with E-state index in [-0.39, 0.29) is 5.97 Å². The predicted octanol–water partition coefficient (Wildman–Crippen LogP) is 1.31. The highest BCUT2D eigenvalue weighted by atomic mass is 16.5. The van der Waals surface area contributed by atoms with Crippen molar-refractivity contribution in [2.75, 3.05) is 13.7 Å². The second kappa shape index (κ2) is 7.40. The molecule has 2 rings (SSSR count). The van der Waals surface area contributed by atoms with E-state index in [0.29, 0.717) is 13.0 Å². The molecule has 1 N–H and O–H groups in total. The highest BCUT2D eigenvalue weighted by Crippen LogP contribution is 2.04. The zero-order chi connectivity index (χ0) is 14.2. The highest BCUT2D eigenvalue weighted by Gasteiger charge is 2.03. The van der Waals surface area contributed by atoms with Crippen molar-refractivity contribution in [3.63, 3.8) is 0 Å². The number of rotatable bonds is 7. The van der Waals surface area contributed by atoms with Crippen LogP contribution in [-0.2, 0) is 16.1 Å². The summed E-state index contributed by atoms with van der Waals surface area (Å²) in [4.78, 5) is 12.5. The summed E-state index contributed by atoms with van der Waals surface area (Å²) in [5.74, 6) is -0.179. The summed E-state index contributed by atoms with van der Waals surface area (Å²) in [6.45, 7) is 1.38. The number of hydrogen-bond acceptors (Lipinski definition) is 5. The number of benzene rings is 1. The molecule has 0 unspecified atom stereocenters. The second-order valence-corrected chi connectivity index (χ2v) is 4.32. The topological polar surface area (TPSA) is 69.0 Å². The molecule has 1 aromatic carbocycles. The van der Waals surface area contributed by atoms with Gasteiger partial charge in [-0.3, -0.25) is 4.79 Å². The fourth-order valence-electron chi connectivity index (χ4n) is 1.74. The third-order valence-electron chi connectivity index (χ3n) is 2.79. The molecule has 0 aliphatic carbocycles. The Morgan fingerprint density at radius 1 is 1.35 bits per heavy atom. The molecule has 6 heteroatoms. The number of methoxy groups -OCH3 is 1. The Labute approximate surface area is 117 Å². The minimum Gasteiger partial charge on any atom is -0.469 e. The van der Waals surface area contributed by atoms with Gasteiger partial charge >= 0.3 is 5.97 Å². The molecule has 0 saturated carbocycles. The lowest BCUT2D eigenvalue weighted by atomic mass is 10.3. The molecule has 0 radical (unpaired) electrons. The smallest absolute Gasteiger partial charge is 0.305 e. The number of ether oxygens (including phenoxy) is 1. The molecule has 0 aliphatic heterocycles. The Kier molecular flexibility index (Phi) is 5.25. The van der Waals surface area contributed by atoms with Crippen LogP contribution in [0.3, 0.4) is 0 Å². The van der Waals surface area contributed by atoms with Crippen LogP contribution in [-0.4, -0.2) is 34.6 Å². The normalized spacial score (nSPS) is 10.4. The molecule has 0 saturated heterocycles. The van der Waals surface area contributed by atoms with E-state index < -0.39 is 0 Å². The summed E-state index contributed by atoms with van der Waals surface area (Å²) >= 11 is 0. The van der Waals surface area contributed by atoms with E-state index in [1.165, 1.54) is 7.11 Å². The van der Waals surface area contributed by atoms with Crippen molar-refractivity contribution in [3.05, 3.63) is 42.2 Å². The van der Waals surface area contributed by atoms with E-state index in [1.54, 1.807) is 11.0 Å². The molecule has 0 fully saturated rings. The second-order valence-electron chi connectivity index (χ2n) is 4.32. The van der Waals surface area contributed by atoms with Crippen molar-refractivity contribution >= 4 is 5.97 Å². The maximum Gasteiger partial charge on any atom is 0.305 e. The number of esters is 1. The van der Waals surface area contributed by atoms with Crippen LogP contribution in [0.15, 0.2) is 36.5 Å². The largest absolute Gasteiger partial charge is 0.469 e. The van der Waals surface area contributed by atoms with Crippen LogP contribution in [0.25, 0.3) is 5.69 Å². The summed E-state index contributed by atoms with van der Waals surface area (Å²) in [6, 6.07) is 9.75. The summed E-state index contributed by atoms with van der Waals surface area (Å²) in [6.07, 6.45) is 2.92. The van der Waals surface area contributed by atoms with Gasteiger partial charge in [0.05, 0.1) is 24.7 Å². The van der Waals surface area contributed by atoms with Crippen molar-refractivity contribution in [2.45, 2.75) is 19.4 Å². The van der Waals surface area contributed by atoms with Gasteiger partial charge in [0.2, 0.25) is 0 Å². The lowest BCUT2D eigenvalue weighted by molar-refractivity contribution is -0.140. The van der Waals surface area contributed by atoms with Crippen molar-refractivity contribution in [1.29, 1.82) is 0 Å². The molecule has 2 aromatic rings. The maximum atomic E-state index is 10.9. The van der Waals surface area contributed by atoms with Crippen molar-refractivity contribution < 1.29 is 9.53 Å². The van der Waals surface area contributed by atoms with Crippen LogP contribution in [0.2, 0.25) is 0 Å². The summed E-state index contributed by atoms with van der Waals surface area (Å²) < 4.78 is 4.57. The first-order valence-electron chi connectivity index (χ1n) is 6.54. The Morgan fingerprint density at radius 2 is 2.15 bits per heavy atom. The monoisotopic (exact) mass is 274 g/mol. The van der Waals surface area contributed by atoms with Gasteiger partial charge in [-0.25, -0.2) is 0 Å². The van der Waals surface area contributed by atoms with Gasteiger partial charge in [0.15, 0.2) is 0 Å². The average Bonchev–Trinajstić information content (AvgIpc) is 2.96. The number of hydrogen-bond donors (Lipinski definition) is 1. The molecule has 0 bridgehead atoms. The van der Waals surface area contributed by atoms with Gasteiger partial charge in [-0.2, -0.15) is 15.0 Å². The molecular weight excluding hydrogens is 256 g/mol. The van der Waals surface area contributed by atoms with Crippen LogP contribution in [0, 0.1) is 0 Å². The molecule has 0 amide bonds. The van der Waals surface area contributed by atoms with E-state index in [4.69, 9.17) is 0 Å². The van der Waals surface area contributed by atoms with Crippen LogP contribution in [0.5, 0.6) is 0 Å². The number of para-hydroxylation sites is 1. The first-order valence-corrected chi connectivity index (χ1v) is 6.54. The van der Waals surface area contributed by atoms with Crippen LogP contribution >= 0.6 is 0 Å². The number of aromatic nitrogens is 3. The van der Waals surface area contributed by atoms with E-state index in [9.17, 15) is 4.79 Å². The Balaban J connectivity index is 1.75. The molecule has 20 heavy (non-hydrogen) atoms. The third-order valence-corrected chi connectivity index (χ3v) is 2.79. The fraction of sp³-hybridized carbons (Fsp3) is 0.357. The zero-order valence-corrected chi connectivity index (χ0v) is 11.5. The number of nitrogens with zero attached hydrogens (tertiary/aromatic N) is 3. The number of nitrogens with one attached hydrogen (secondary N) is 1. The van der Waals surface area contributed by atoms with Crippen molar-refractivity contribution in [3.8, 4) is 5.69 Å². The Morgan fingerprint density at radius 3 is 2.90 bits per heavy atom. The van der Waals surface area contributed by atoms with E-state index in [0.717, 1.165) is 24.3 Å². The van der Waals surface area contributed by atoms with Gasteiger partial charge in [-0.05, 0) is 25.1 Å². The Bertz CT molecular complexity index is 539.